The number of aromatic nitrogens is 2. The van der Waals surface area contributed by atoms with Crippen molar-refractivity contribution in [2.75, 3.05) is 0 Å². The molecule has 0 aromatic carbocycles. The summed E-state index contributed by atoms with van der Waals surface area (Å²) in [5.41, 5.74) is 0. The summed E-state index contributed by atoms with van der Waals surface area (Å²) in [6, 6.07) is 4.15. The number of hydrogen-bond donors (Lipinski definition) is 0. The second-order valence-corrected chi connectivity index (χ2v) is 5.45. The second-order valence-electron chi connectivity index (χ2n) is 3.44. The lowest BCUT2D eigenvalue weighted by atomic mass is 10.2. The van der Waals surface area contributed by atoms with E-state index in [0.717, 1.165) is 11.4 Å². The standard InChI is InChI=1S/C11H14N2S2/c1-2-3-4-7-10-12-13-11(15-10)9-6-5-8-14-9/h5-6,8H,2-4,7H2,1H3. The lowest BCUT2D eigenvalue weighted by molar-refractivity contribution is 0.710. The van der Waals surface area contributed by atoms with Crippen LogP contribution in [-0.2, 0) is 6.42 Å². The summed E-state index contributed by atoms with van der Waals surface area (Å²) >= 11 is 3.45. The highest BCUT2D eigenvalue weighted by atomic mass is 32.1. The minimum absolute atomic E-state index is 1.07. The molecular formula is C11H14N2S2. The van der Waals surface area contributed by atoms with Gasteiger partial charge in [0.25, 0.3) is 0 Å². The zero-order valence-corrected chi connectivity index (χ0v) is 10.4. The van der Waals surface area contributed by atoms with Crippen LogP contribution in [0.25, 0.3) is 9.88 Å². The number of rotatable bonds is 5. The van der Waals surface area contributed by atoms with Gasteiger partial charge in [0.15, 0.2) is 5.01 Å². The maximum atomic E-state index is 4.22. The van der Waals surface area contributed by atoms with Crippen molar-refractivity contribution in [2.24, 2.45) is 0 Å². The van der Waals surface area contributed by atoms with E-state index in [-0.39, 0.29) is 0 Å². The quantitative estimate of drug-likeness (QED) is 0.736. The first-order valence-electron chi connectivity index (χ1n) is 5.26. The molecule has 2 aromatic rings. The Hall–Kier alpha value is -0.740. The molecule has 2 rings (SSSR count). The molecule has 2 heterocycles. The van der Waals surface area contributed by atoms with E-state index in [1.165, 1.54) is 29.1 Å². The molecule has 2 aromatic heterocycles. The Balaban J connectivity index is 1.98. The molecule has 0 spiro atoms. The number of aryl methyl sites for hydroxylation is 1. The number of hydrogen-bond acceptors (Lipinski definition) is 4. The van der Waals surface area contributed by atoms with Gasteiger partial charge in [-0.05, 0) is 17.9 Å². The smallest absolute Gasteiger partial charge is 0.143 e. The van der Waals surface area contributed by atoms with E-state index in [4.69, 9.17) is 0 Å². The van der Waals surface area contributed by atoms with Crippen LogP contribution in [0.15, 0.2) is 17.5 Å². The van der Waals surface area contributed by atoms with Gasteiger partial charge in [0.05, 0.1) is 4.88 Å². The van der Waals surface area contributed by atoms with Gasteiger partial charge < -0.3 is 0 Å². The largest absolute Gasteiger partial charge is 0.157 e. The van der Waals surface area contributed by atoms with Crippen LogP contribution in [0.3, 0.4) is 0 Å². The molecule has 0 bridgehead atoms. The molecule has 0 atom stereocenters. The molecule has 0 aliphatic rings. The minimum atomic E-state index is 1.07. The van der Waals surface area contributed by atoms with Crippen LogP contribution in [0.1, 0.15) is 31.2 Å². The van der Waals surface area contributed by atoms with Crippen LogP contribution < -0.4 is 0 Å². The van der Waals surface area contributed by atoms with Crippen molar-refractivity contribution in [3.8, 4) is 9.88 Å². The molecule has 0 fully saturated rings. The van der Waals surface area contributed by atoms with Gasteiger partial charge in [-0.3, -0.25) is 0 Å². The van der Waals surface area contributed by atoms with Gasteiger partial charge in [0.2, 0.25) is 0 Å². The van der Waals surface area contributed by atoms with E-state index >= 15 is 0 Å². The summed E-state index contributed by atoms with van der Waals surface area (Å²) in [5, 5.41) is 12.8. The Morgan fingerprint density at radius 1 is 1.27 bits per heavy atom. The van der Waals surface area contributed by atoms with Crippen molar-refractivity contribution >= 4 is 22.7 Å². The van der Waals surface area contributed by atoms with Crippen molar-refractivity contribution in [1.29, 1.82) is 0 Å². The maximum absolute atomic E-state index is 4.22. The van der Waals surface area contributed by atoms with Gasteiger partial charge >= 0.3 is 0 Å². The summed E-state index contributed by atoms with van der Waals surface area (Å²) < 4.78 is 0. The molecule has 0 radical (unpaired) electrons. The molecule has 0 aliphatic heterocycles. The minimum Gasteiger partial charge on any atom is -0.143 e. The van der Waals surface area contributed by atoms with Crippen LogP contribution in [0.2, 0.25) is 0 Å². The molecule has 0 saturated carbocycles. The van der Waals surface area contributed by atoms with Gasteiger partial charge in [0, 0.05) is 6.42 Å². The lowest BCUT2D eigenvalue weighted by Gasteiger charge is -1.92. The predicted octanol–water partition coefficient (Wildman–Crippen LogP) is 4.00. The van der Waals surface area contributed by atoms with Gasteiger partial charge in [0.1, 0.15) is 5.01 Å². The van der Waals surface area contributed by atoms with E-state index in [2.05, 4.69) is 34.6 Å². The Bertz CT molecular complexity index is 392. The van der Waals surface area contributed by atoms with Gasteiger partial charge in [-0.2, -0.15) is 0 Å². The molecule has 0 saturated heterocycles. The summed E-state index contributed by atoms with van der Waals surface area (Å²) in [6.07, 6.45) is 4.86. The Kier molecular flexibility index (Phi) is 3.86. The normalized spacial score (nSPS) is 10.7. The van der Waals surface area contributed by atoms with E-state index in [0.29, 0.717) is 0 Å². The van der Waals surface area contributed by atoms with Gasteiger partial charge in [-0.25, -0.2) is 0 Å². The summed E-state index contributed by atoms with van der Waals surface area (Å²) in [7, 11) is 0. The summed E-state index contributed by atoms with van der Waals surface area (Å²) in [5.74, 6) is 0. The highest BCUT2D eigenvalue weighted by molar-refractivity contribution is 7.20. The third-order valence-electron chi connectivity index (χ3n) is 2.19. The first-order chi connectivity index (χ1) is 7.40. The molecule has 2 nitrogen and oxygen atoms in total. The third kappa shape index (κ3) is 2.86. The van der Waals surface area contributed by atoms with Crippen molar-refractivity contribution in [3.63, 3.8) is 0 Å². The van der Waals surface area contributed by atoms with E-state index in [9.17, 15) is 0 Å². The highest BCUT2D eigenvalue weighted by Crippen LogP contribution is 2.27. The van der Waals surface area contributed by atoms with E-state index < -0.39 is 0 Å². The van der Waals surface area contributed by atoms with Gasteiger partial charge in [-0.1, -0.05) is 37.2 Å². The molecule has 15 heavy (non-hydrogen) atoms. The monoisotopic (exact) mass is 238 g/mol. The molecule has 80 valence electrons. The Labute approximate surface area is 98.0 Å². The highest BCUT2D eigenvalue weighted by Gasteiger charge is 2.06. The van der Waals surface area contributed by atoms with Crippen molar-refractivity contribution in [3.05, 3.63) is 22.5 Å². The molecule has 4 heteroatoms. The summed E-state index contributed by atoms with van der Waals surface area (Å²) in [4.78, 5) is 1.23. The van der Waals surface area contributed by atoms with Crippen LogP contribution in [0.5, 0.6) is 0 Å². The average molecular weight is 238 g/mol. The SMILES string of the molecule is CCCCCc1nnc(-c2cccs2)s1. The van der Waals surface area contributed by atoms with Crippen molar-refractivity contribution in [2.45, 2.75) is 32.6 Å². The maximum Gasteiger partial charge on any atom is 0.157 e. The average Bonchev–Trinajstić information content (AvgIpc) is 2.87. The fourth-order valence-corrected chi connectivity index (χ4v) is 3.05. The zero-order valence-electron chi connectivity index (χ0n) is 8.77. The predicted molar refractivity (Wildman–Crippen MR) is 66.5 cm³/mol. The van der Waals surface area contributed by atoms with Crippen LogP contribution in [0.4, 0.5) is 0 Å². The molecule has 0 amide bonds. The Morgan fingerprint density at radius 2 is 2.20 bits per heavy atom. The topological polar surface area (TPSA) is 25.8 Å². The number of nitrogens with zero attached hydrogens (tertiary/aromatic N) is 2. The number of unbranched alkanes of at least 4 members (excludes halogenated alkanes) is 2. The van der Waals surface area contributed by atoms with Crippen molar-refractivity contribution < 1.29 is 0 Å². The fraction of sp³-hybridized carbons (Fsp3) is 0.455. The molecule has 0 N–H and O–H groups in total. The van der Waals surface area contributed by atoms with Crippen LogP contribution >= 0.6 is 22.7 Å². The van der Waals surface area contributed by atoms with Crippen LogP contribution in [-0.4, -0.2) is 10.2 Å². The van der Waals surface area contributed by atoms with Gasteiger partial charge in [-0.15, -0.1) is 21.5 Å². The fourth-order valence-electron chi connectivity index (χ4n) is 1.38. The second kappa shape index (κ2) is 5.37. The summed E-state index contributed by atoms with van der Waals surface area (Å²) in [6.45, 7) is 2.22. The van der Waals surface area contributed by atoms with Crippen LogP contribution in [0, 0.1) is 0 Å². The first kappa shape index (κ1) is 10.8. The zero-order chi connectivity index (χ0) is 10.5. The van der Waals surface area contributed by atoms with E-state index in [1.807, 2.05) is 0 Å². The molecule has 0 aliphatic carbocycles. The molecular weight excluding hydrogens is 224 g/mol. The Morgan fingerprint density at radius 3 is 2.93 bits per heavy atom. The third-order valence-corrected chi connectivity index (χ3v) is 4.22. The molecule has 0 unspecified atom stereocenters. The first-order valence-corrected chi connectivity index (χ1v) is 6.96. The number of thiophene rings is 1. The van der Waals surface area contributed by atoms with E-state index in [1.54, 1.807) is 22.7 Å². The van der Waals surface area contributed by atoms with Crippen molar-refractivity contribution in [1.82, 2.24) is 10.2 Å². The lowest BCUT2D eigenvalue weighted by Crippen LogP contribution is -1.83.